The Morgan fingerprint density at radius 2 is 1.42 bits per heavy atom. The van der Waals surface area contributed by atoms with Gasteiger partial charge in [-0.05, 0) is 57.3 Å². The summed E-state index contributed by atoms with van der Waals surface area (Å²) in [5, 5.41) is 0. The van der Waals surface area contributed by atoms with Crippen LogP contribution in [0, 0.1) is 23.2 Å². The first-order valence-corrected chi connectivity index (χ1v) is 8.80. The molecule has 0 radical (unpaired) electrons. The van der Waals surface area contributed by atoms with Crippen molar-refractivity contribution in [3.8, 4) is 0 Å². The van der Waals surface area contributed by atoms with Crippen LogP contribution < -0.4 is 0 Å². The van der Waals surface area contributed by atoms with E-state index < -0.39 is 47.6 Å². The molecule has 8 heteroatoms. The maximum Gasteiger partial charge on any atom is 0.403 e. The number of carbonyl (C=O) groups is 1. The number of hydrogen-bond donors (Lipinski definition) is 0. The molecule has 0 aromatic heterocycles. The number of rotatable bonds is 3. The fourth-order valence-electron chi connectivity index (χ4n) is 4.60. The molecule has 0 aromatic carbocycles. The first kappa shape index (κ1) is 21.1. The van der Waals surface area contributed by atoms with E-state index >= 15 is 0 Å². The minimum absolute atomic E-state index is 0.00655. The van der Waals surface area contributed by atoms with E-state index in [1.807, 2.05) is 0 Å². The monoisotopic (exact) mass is 386 g/mol. The summed E-state index contributed by atoms with van der Waals surface area (Å²) in [6.45, 7) is 5.21. The number of esters is 1. The molecule has 0 heterocycles. The predicted molar refractivity (Wildman–Crippen MR) is 83.1 cm³/mol. The van der Waals surface area contributed by atoms with Crippen LogP contribution in [0.1, 0.15) is 52.4 Å². The molecule has 4 unspecified atom stereocenters. The van der Waals surface area contributed by atoms with Crippen molar-refractivity contribution in [2.45, 2.75) is 70.8 Å². The van der Waals surface area contributed by atoms with Gasteiger partial charge in [-0.25, -0.2) is 4.79 Å². The fourth-order valence-corrected chi connectivity index (χ4v) is 4.60. The van der Waals surface area contributed by atoms with Crippen LogP contribution in [0.15, 0.2) is 12.2 Å². The molecule has 0 saturated heterocycles. The second-order valence-electron chi connectivity index (χ2n) is 7.72. The molecule has 26 heavy (non-hydrogen) atoms. The summed E-state index contributed by atoms with van der Waals surface area (Å²) in [4.78, 5) is 11.8. The van der Waals surface area contributed by atoms with E-state index in [1.165, 1.54) is 6.92 Å². The summed E-state index contributed by atoms with van der Waals surface area (Å²) >= 11 is 0. The summed E-state index contributed by atoms with van der Waals surface area (Å²) in [5.74, 6) is -3.46. The highest BCUT2D eigenvalue weighted by Gasteiger charge is 2.72. The molecule has 2 fully saturated rings. The molecular formula is C18H24F6O2. The molecule has 0 aliphatic heterocycles. The lowest BCUT2D eigenvalue weighted by atomic mass is 9.56. The molecule has 2 saturated carbocycles. The number of ether oxygens (including phenoxy) is 1. The van der Waals surface area contributed by atoms with E-state index in [9.17, 15) is 31.1 Å². The third-order valence-electron chi connectivity index (χ3n) is 6.16. The zero-order valence-corrected chi connectivity index (χ0v) is 14.8. The minimum atomic E-state index is -5.39. The van der Waals surface area contributed by atoms with E-state index in [0.717, 1.165) is 0 Å². The standard InChI is InChI=1S/C18H24F6O2/c1-10(2)15(25)26-14-9-8-13(11-6-4-5-7-12(11)14)16(3,17(19,20)21)18(22,23)24/h11-14H,1,4-9H2,2-3H3. The van der Waals surface area contributed by atoms with E-state index in [4.69, 9.17) is 4.74 Å². The summed E-state index contributed by atoms with van der Waals surface area (Å²) < 4.78 is 86.6. The summed E-state index contributed by atoms with van der Waals surface area (Å²) in [7, 11) is 0. The van der Waals surface area contributed by atoms with Crippen molar-refractivity contribution in [2.75, 3.05) is 0 Å². The minimum Gasteiger partial charge on any atom is -0.459 e. The molecule has 2 aliphatic rings. The van der Waals surface area contributed by atoms with Crippen LogP contribution in [0.25, 0.3) is 0 Å². The van der Waals surface area contributed by atoms with Crippen molar-refractivity contribution in [3.63, 3.8) is 0 Å². The normalized spacial score (nSPS) is 30.5. The number of fused-ring (bicyclic) bond motifs is 1. The van der Waals surface area contributed by atoms with Gasteiger partial charge in [0, 0.05) is 5.57 Å². The Labute approximate surface area is 149 Å². The highest BCUT2D eigenvalue weighted by atomic mass is 19.4. The molecule has 0 bridgehead atoms. The molecule has 0 aromatic rings. The van der Waals surface area contributed by atoms with Gasteiger partial charge in [0.1, 0.15) is 6.10 Å². The van der Waals surface area contributed by atoms with Gasteiger partial charge in [-0.3, -0.25) is 0 Å². The molecule has 0 N–H and O–H groups in total. The first-order valence-electron chi connectivity index (χ1n) is 8.80. The highest BCUT2D eigenvalue weighted by Crippen LogP contribution is 2.62. The van der Waals surface area contributed by atoms with Crippen LogP contribution >= 0.6 is 0 Å². The Morgan fingerprint density at radius 1 is 0.923 bits per heavy atom. The number of carbonyl (C=O) groups excluding carboxylic acids is 1. The van der Waals surface area contributed by atoms with Gasteiger partial charge in [0.15, 0.2) is 5.41 Å². The third-order valence-corrected chi connectivity index (χ3v) is 6.16. The maximum absolute atomic E-state index is 13.5. The van der Waals surface area contributed by atoms with E-state index in [2.05, 4.69) is 6.58 Å². The molecule has 2 nitrogen and oxygen atoms in total. The Kier molecular flexibility index (Phi) is 5.74. The quantitative estimate of drug-likeness (QED) is 0.347. The van der Waals surface area contributed by atoms with Gasteiger partial charge in [-0.2, -0.15) is 26.3 Å². The highest BCUT2D eigenvalue weighted by molar-refractivity contribution is 5.87. The Morgan fingerprint density at radius 3 is 1.88 bits per heavy atom. The van der Waals surface area contributed by atoms with Crippen molar-refractivity contribution in [1.82, 2.24) is 0 Å². The zero-order valence-electron chi connectivity index (χ0n) is 14.8. The lowest BCUT2D eigenvalue weighted by Crippen LogP contribution is -2.58. The van der Waals surface area contributed by atoms with Crippen LogP contribution in [0.4, 0.5) is 26.3 Å². The van der Waals surface area contributed by atoms with Gasteiger partial charge in [-0.15, -0.1) is 0 Å². The van der Waals surface area contributed by atoms with Crippen molar-refractivity contribution in [1.29, 1.82) is 0 Å². The van der Waals surface area contributed by atoms with Crippen LogP contribution in [-0.2, 0) is 9.53 Å². The second kappa shape index (κ2) is 7.08. The second-order valence-corrected chi connectivity index (χ2v) is 7.72. The predicted octanol–water partition coefficient (Wildman–Crippen LogP) is 5.82. The first-order chi connectivity index (χ1) is 11.8. The van der Waals surface area contributed by atoms with Crippen LogP contribution in [0.5, 0.6) is 0 Å². The van der Waals surface area contributed by atoms with Crippen LogP contribution in [0.3, 0.4) is 0 Å². The lowest BCUT2D eigenvalue weighted by Gasteiger charge is -2.52. The van der Waals surface area contributed by atoms with Gasteiger partial charge in [-0.1, -0.05) is 19.4 Å². The number of alkyl halides is 6. The zero-order chi connectivity index (χ0) is 19.9. The summed E-state index contributed by atoms with van der Waals surface area (Å²) in [6.07, 6.45) is -9.63. The van der Waals surface area contributed by atoms with Crippen molar-refractivity contribution in [2.24, 2.45) is 23.2 Å². The van der Waals surface area contributed by atoms with Crippen molar-refractivity contribution >= 4 is 5.97 Å². The van der Waals surface area contributed by atoms with E-state index in [-0.39, 0.29) is 31.8 Å². The third kappa shape index (κ3) is 3.60. The maximum atomic E-state index is 13.5. The van der Waals surface area contributed by atoms with Gasteiger partial charge in [0.25, 0.3) is 0 Å². The molecule has 2 aliphatic carbocycles. The van der Waals surface area contributed by atoms with Crippen LogP contribution in [-0.4, -0.2) is 24.4 Å². The Balaban J connectivity index is 2.35. The van der Waals surface area contributed by atoms with E-state index in [1.54, 1.807) is 0 Å². The SMILES string of the molecule is C=C(C)C(=O)OC1CCC(C(C)(C(F)(F)F)C(F)(F)F)C2CCCCC12. The average Bonchev–Trinajstić information content (AvgIpc) is 2.52. The average molecular weight is 386 g/mol. The van der Waals surface area contributed by atoms with Crippen molar-refractivity contribution in [3.05, 3.63) is 12.2 Å². The van der Waals surface area contributed by atoms with Crippen molar-refractivity contribution < 1.29 is 35.9 Å². The fraction of sp³-hybridized carbons (Fsp3) is 0.833. The molecule has 2 rings (SSSR count). The molecule has 0 spiro atoms. The number of hydrogen-bond acceptors (Lipinski definition) is 2. The molecule has 4 atom stereocenters. The van der Waals surface area contributed by atoms with Crippen LogP contribution in [0.2, 0.25) is 0 Å². The summed E-state index contributed by atoms with van der Waals surface area (Å²) in [5.41, 5.74) is -3.60. The summed E-state index contributed by atoms with van der Waals surface area (Å²) in [6, 6.07) is 0. The Hall–Kier alpha value is -1.21. The smallest absolute Gasteiger partial charge is 0.403 e. The van der Waals surface area contributed by atoms with Gasteiger partial charge in [0.2, 0.25) is 0 Å². The number of halogens is 6. The molecule has 0 amide bonds. The lowest BCUT2D eigenvalue weighted by molar-refractivity contribution is -0.362. The van der Waals surface area contributed by atoms with Gasteiger partial charge in [0.05, 0.1) is 0 Å². The topological polar surface area (TPSA) is 26.3 Å². The Bertz CT molecular complexity index is 537. The largest absolute Gasteiger partial charge is 0.459 e. The molecule has 150 valence electrons. The molecular weight excluding hydrogens is 362 g/mol. The van der Waals surface area contributed by atoms with Gasteiger partial charge < -0.3 is 4.74 Å². The van der Waals surface area contributed by atoms with Gasteiger partial charge >= 0.3 is 18.3 Å². The van der Waals surface area contributed by atoms with E-state index in [0.29, 0.717) is 19.3 Å².